The summed E-state index contributed by atoms with van der Waals surface area (Å²) in [6.07, 6.45) is 1.25. The van der Waals surface area contributed by atoms with Gasteiger partial charge in [0.05, 0.1) is 12.6 Å². The molecule has 124 valence electrons. The van der Waals surface area contributed by atoms with Crippen LogP contribution in [0, 0.1) is 10.8 Å². The quantitative estimate of drug-likeness (QED) is 0.507. The maximum absolute atomic E-state index is 12.3. The molecule has 7 heteroatoms. The molecule has 2 atom stereocenters. The molecule has 0 radical (unpaired) electrons. The average Bonchev–Trinajstić information content (AvgIpc) is 2.85. The van der Waals surface area contributed by atoms with Crippen LogP contribution >= 0.6 is 0 Å². The van der Waals surface area contributed by atoms with Gasteiger partial charge in [-0.15, -0.1) is 0 Å². The van der Waals surface area contributed by atoms with E-state index in [-0.39, 0.29) is 18.2 Å². The number of amides is 1. The van der Waals surface area contributed by atoms with E-state index in [0.717, 1.165) is 19.4 Å². The molecule has 22 heavy (non-hydrogen) atoms. The van der Waals surface area contributed by atoms with Gasteiger partial charge < -0.3 is 15.0 Å². The van der Waals surface area contributed by atoms with Gasteiger partial charge in [-0.1, -0.05) is 0 Å². The number of amidine groups is 2. The average molecular weight is 309 g/mol. The van der Waals surface area contributed by atoms with Crippen LogP contribution in [0.25, 0.3) is 0 Å². The van der Waals surface area contributed by atoms with Crippen molar-refractivity contribution in [2.45, 2.75) is 58.2 Å². The van der Waals surface area contributed by atoms with Gasteiger partial charge in [-0.3, -0.25) is 15.7 Å². The first-order valence-corrected chi connectivity index (χ1v) is 7.86. The minimum atomic E-state index is -0.540. The van der Waals surface area contributed by atoms with Crippen LogP contribution in [0.15, 0.2) is 0 Å². The molecule has 0 aromatic heterocycles. The third kappa shape index (κ3) is 3.58. The van der Waals surface area contributed by atoms with Crippen LogP contribution in [0.2, 0.25) is 0 Å². The first kappa shape index (κ1) is 16.7. The highest BCUT2D eigenvalue weighted by Gasteiger charge is 2.39. The summed E-state index contributed by atoms with van der Waals surface area (Å²) in [7, 11) is 0. The van der Waals surface area contributed by atoms with Crippen molar-refractivity contribution in [2.24, 2.45) is 0 Å². The number of hydrogen-bond acceptors (Lipinski definition) is 5. The molecule has 0 aliphatic carbocycles. The van der Waals surface area contributed by atoms with Crippen LogP contribution in [0.5, 0.6) is 0 Å². The predicted molar refractivity (Wildman–Crippen MR) is 85.6 cm³/mol. The van der Waals surface area contributed by atoms with Gasteiger partial charge in [0.2, 0.25) is 0 Å². The van der Waals surface area contributed by atoms with Crippen molar-refractivity contribution in [1.29, 1.82) is 10.8 Å². The standard InChI is InChI=1S/C15H27N5O2/c1-10-8-18-9-12(16)20(10)13(17)11-6-5-7-19(11)14(21)22-15(2,3)4/h10-11,16-18H,5-9H2,1-4H3. The van der Waals surface area contributed by atoms with Gasteiger partial charge in [-0.05, 0) is 40.5 Å². The molecule has 2 unspecified atom stereocenters. The van der Waals surface area contributed by atoms with Crippen molar-refractivity contribution in [3.63, 3.8) is 0 Å². The van der Waals surface area contributed by atoms with E-state index in [1.807, 2.05) is 27.7 Å². The Balaban J connectivity index is 2.11. The third-order valence-electron chi connectivity index (χ3n) is 3.92. The lowest BCUT2D eigenvalue weighted by Gasteiger charge is -2.39. The summed E-state index contributed by atoms with van der Waals surface area (Å²) in [5.74, 6) is 0.724. The van der Waals surface area contributed by atoms with Crippen LogP contribution < -0.4 is 5.32 Å². The smallest absolute Gasteiger partial charge is 0.410 e. The van der Waals surface area contributed by atoms with Crippen LogP contribution in [0.3, 0.4) is 0 Å². The highest BCUT2D eigenvalue weighted by Crippen LogP contribution is 2.24. The van der Waals surface area contributed by atoms with Gasteiger partial charge in [0.25, 0.3) is 0 Å². The second-order valence-electron chi connectivity index (χ2n) is 7.01. The van der Waals surface area contributed by atoms with Crippen molar-refractivity contribution in [3.05, 3.63) is 0 Å². The van der Waals surface area contributed by atoms with Crippen molar-refractivity contribution < 1.29 is 9.53 Å². The van der Waals surface area contributed by atoms with Crippen molar-refractivity contribution in [1.82, 2.24) is 15.1 Å². The zero-order valence-corrected chi connectivity index (χ0v) is 13.9. The molecule has 2 heterocycles. The summed E-state index contributed by atoms with van der Waals surface area (Å²) in [5, 5.41) is 19.7. The Morgan fingerprint density at radius 1 is 1.41 bits per heavy atom. The first-order valence-electron chi connectivity index (χ1n) is 7.86. The highest BCUT2D eigenvalue weighted by molar-refractivity contribution is 6.03. The zero-order chi connectivity index (χ0) is 16.5. The molecular weight excluding hydrogens is 282 g/mol. The van der Waals surface area contributed by atoms with Crippen LogP contribution in [-0.4, -0.2) is 64.9 Å². The fourth-order valence-corrected chi connectivity index (χ4v) is 2.98. The third-order valence-corrected chi connectivity index (χ3v) is 3.92. The highest BCUT2D eigenvalue weighted by atomic mass is 16.6. The first-order chi connectivity index (χ1) is 10.2. The molecule has 2 aliphatic rings. The molecule has 2 saturated heterocycles. The Hall–Kier alpha value is -1.63. The summed E-state index contributed by atoms with van der Waals surface area (Å²) >= 11 is 0. The maximum Gasteiger partial charge on any atom is 0.410 e. The summed E-state index contributed by atoms with van der Waals surface area (Å²) in [5.41, 5.74) is -0.540. The summed E-state index contributed by atoms with van der Waals surface area (Å²) < 4.78 is 5.45. The van der Waals surface area contributed by atoms with Crippen LogP contribution in [0.4, 0.5) is 4.79 Å². The minimum absolute atomic E-state index is 0.0508. The van der Waals surface area contributed by atoms with Crippen molar-refractivity contribution in [3.8, 4) is 0 Å². The number of nitrogens with zero attached hydrogens (tertiary/aromatic N) is 2. The topological polar surface area (TPSA) is 92.5 Å². The molecule has 2 fully saturated rings. The number of likely N-dealkylation sites (tertiary alicyclic amines) is 1. The number of rotatable bonds is 1. The van der Waals surface area contributed by atoms with Crippen molar-refractivity contribution >= 4 is 17.8 Å². The van der Waals surface area contributed by atoms with E-state index in [9.17, 15) is 4.79 Å². The SMILES string of the molecule is CC1CNCC(=N)N1C(=N)C1CCCN1C(=O)OC(C)(C)C. The maximum atomic E-state index is 12.3. The molecule has 2 aliphatic heterocycles. The van der Waals surface area contributed by atoms with Gasteiger partial charge in [-0.25, -0.2) is 4.79 Å². The van der Waals surface area contributed by atoms with Gasteiger partial charge in [-0.2, -0.15) is 0 Å². The number of piperazine rings is 1. The Labute approximate surface area is 132 Å². The van der Waals surface area contributed by atoms with Gasteiger partial charge in [0, 0.05) is 19.1 Å². The van der Waals surface area contributed by atoms with E-state index >= 15 is 0 Å². The van der Waals surface area contributed by atoms with E-state index in [4.69, 9.17) is 15.6 Å². The second-order valence-corrected chi connectivity index (χ2v) is 7.01. The van der Waals surface area contributed by atoms with Crippen LogP contribution in [-0.2, 0) is 4.74 Å². The number of nitrogens with one attached hydrogen (secondary N) is 3. The Morgan fingerprint density at radius 3 is 2.68 bits per heavy atom. The fourth-order valence-electron chi connectivity index (χ4n) is 2.98. The normalized spacial score (nSPS) is 26.3. The molecule has 0 aromatic carbocycles. The van der Waals surface area contributed by atoms with E-state index in [1.54, 1.807) is 9.80 Å². The lowest BCUT2D eigenvalue weighted by molar-refractivity contribution is 0.0259. The number of hydrogen-bond donors (Lipinski definition) is 3. The van der Waals surface area contributed by atoms with E-state index < -0.39 is 5.60 Å². The minimum Gasteiger partial charge on any atom is -0.444 e. The summed E-state index contributed by atoms with van der Waals surface area (Å²) in [6, 6.07) is -0.245. The molecule has 0 aromatic rings. The Kier molecular flexibility index (Phi) is 4.75. The molecule has 7 nitrogen and oxygen atoms in total. The van der Waals surface area contributed by atoms with E-state index in [2.05, 4.69) is 5.32 Å². The molecule has 3 N–H and O–H groups in total. The second kappa shape index (κ2) is 6.24. The fraction of sp³-hybridized carbons (Fsp3) is 0.800. The van der Waals surface area contributed by atoms with Gasteiger partial charge >= 0.3 is 6.09 Å². The van der Waals surface area contributed by atoms with Gasteiger partial charge in [0.1, 0.15) is 17.3 Å². The molecule has 0 saturated carbocycles. The van der Waals surface area contributed by atoms with Crippen molar-refractivity contribution in [2.75, 3.05) is 19.6 Å². The monoisotopic (exact) mass is 309 g/mol. The molecule has 0 bridgehead atoms. The predicted octanol–water partition coefficient (Wildman–Crippen LogP) is 1.63. The number of carbonyl (C=O) groups excluding carboxylic acids is 1. The molecule has 0 spiro atoms. The Bertz CT molecular complexity index is 471. The summed E-state index contributed by atoms with van der Waals surface area (Å²) in [6.45, 7) is 9.33. The van der Waals surface area contributed by atoms with E-state index in [0.29, 0.717) is 24.8 Å². The molecule has 1 amide bonds. The Morgan fingerprint density at radius 2 is 2.09 bits per heavy atom. The lowest BCUT2D eigenvalue weighted by atomic mass is 10.1. The van der Waals surface area contributed by atoms with E-state index in [1.165, 1.54) is 0 Å². The molecular formula is C15H27N5O2. The van der Waals surface area contributed by atoms with Crippen LogP contribution in [0.1, 0.15) is 40.5 Å². The number of carbonyl (C=O) groups is 1. The largest absolute Gasteiger partial charge is 0.444 e. The summed E-state index contributed by atoms with van der Waals surface area (Å²) in [4.78, 5) is 15.7. The zero-order valence-electron chi connectivity index (χ0n) is 13.9. The number of ether oxygens (including phenoxy) is 1. The molecule has 2 rings (SSSR count). The lowest BCUT2D eigenvalue weighted by Crippen LogP contribution is -2.59. The van der Waals surface area contributed by atoms with Gasteiger partial charge in [0.15, 0.2) is 0 Å².